The molecule has 3 heterocycles. The molecule has 38 heavy (non-hydrogen) atoms. The molecule has 0 spiro atoms. The molecule has 1 saturated carbocycles. The Labute approximate surface area is 225 Å². The van der Waals surface area contributed by atoms with Crippen molar-refractivity contribution in [2.45, 2.75) is 62.9 Å². The molecule has 5 rings (SSSR count). The zero-order valence-corrected chi connectivity index (χ0v) is 22.2. The number of amides is 2. The number of hydrogen-bond donors (Lipinski definition) is 2. The maximum absolute atomic E-state index is 13.5. The normalized spacial score (nSPS) is 21.4. The van der Waals surface area contributed by atoms with Crippen LogP contribution >= 0.6 is 11.8 Å². The second-order valence-electron chi connectivity index (χ2n) is 10.1. The molecule has 1 atom stereocenters. The standard InChI is InChI=1S/C28H34N4O5S/c33-25(29-15-21-5-3-13-36-21)18-38-28-31-24-8-2-1-7-23(24)27(35)32(28)17-19-9-11-20(12-10-19)26(34)30-16-22-6-4-14-37-22/h1-3,5,7-8,13,19-20,22H,4,6,9-12,14-18H2,(H,29,33)(H,30,34)/t19?,20?,22-/m1/s1. The van der Waals surface area contributed by atoms with Gasteiger partial charge in [-0.25, -0.2) is 4.98 Å². The number of para-hydroxylation sites is 1. The van der Waals surface area contributed by atoms with Crippen LogP contribution in [-0.4, -0.2) is 46.4 Å². The Hall–Kier alpha value is -3.11. The van der Waals surface area contributed by atoms with E-state index in [0.29, 0.717) is 41.5 Å². The monoisotopic (exact) mass is 538 g/mol. The first-order valence-corrected chi connectivity index (χ1v) is 14.4. The topological polar surface area (TPSA) is 115 Å². The van der Waals surface area contributed by atoms with Crippen LogP contribution in [0.1, 0.15) is 44.3 Å². The van der Waals surface area contributed by atoms with E-state index >= 15 is 0 Å². The van der Waals surface area contributed by atoms with E-state index in [1.54, 1.807) is 29.0 Å². The highest BCUT2D eigenvalue weighted by Crippen LogP contribution is 2.31. The molecular weight excluding hydrogens is 504 g/mol. The van der Waals surface area contributed by atoms with Crippen LogP contribution < -0.4 is 16.2 Å². The molecule has 2 aliphatic rings. The number of aromatic nitrogens is 2. The number of carbonyl (C=O) groups is 2. The maximum atomic E-state index is 13.5. The molecular formula is C28H34N4O5S. The van der Waals surface area contributed by atoms with Gasteiger partial charge in [0.25, 0.3) is 5.56 Å². The van der Waals surface area contributed by atoms with Crippen molar-refractivity contribution >= 4 is 34.5 Å². The van der Waals surface area contributed by atoms with Crippen molar-refractivity contribution in [3.8, 4) is 0 Å². The van der Waals surface area contributed by atoms with Crippen molar-refractivity contribution in [2.24, 2.45) is 11.8 Å². The van der Waals surface area contributed by atoms with E-state index in [1.165, 1.54) is 11.8 Å². The summed E-state index contributed by atoms with van der Waals surface area (Å²) in [4.78, 5) is 43.3. The Morgan fingerprint density at radius 3 is 2.66 bits per heavy atom. The Bertz CT molecular complexity index is 1290. The Balaban J connectivity index is 1.21. The largest absolute Gasteiger partial charge is 0.467 e. The predicted octanol–water partition coefficient (Wildman–Crippen LogP) is 3.50. The van der Waals surface area contributed by atoms with Gasteiger partial charge in [0.2, 0.25) is 11.8 Å². The van der Waals surface area contributed by atoms with E-state index < -0.39 is 0 Å². The second kappa shape index (κ2) is 12.6. The second-order valence-corrected chi connectivity index (χ2v) is 11.0. The third kappa shape index (κ3) is 6.66. The number of furan rings is 1. The lowest BCUT2D eigenvalue weighted by molar-refractivity contribution is -0.126. The molecule has 0 unspecified atom stereocenters. The molecule has 2 fully saturated rings. The Morgan fingerprint density at radius 2 is 1.89 bits per heavy atom. The van der Waals surface area contributed by atoms with E-state index in [1.807, 2.05) is 18.2 Å². The number of benzene rings is 1. The average molecular weight is 539 g/mol. The number of nitrogens with one attached hydrogen (secondary N) is 2. The number of ether oxygens (including phenoxy) is 1. The Morgan fingerprint density at radius 1 is 1.05 bits per heavy atom. The summed E-state index contributed by atoms with van der Waals surface area (Å²) in [5.74, 6) is 1.05. The SMILES string of the molecule is O=C(CSc1nc2ccccc2c(=O)n1CC1CCC(C(=O)NC[C@H]2CCCO2)CC1)NCc1ccco1. The lowest BCUT2D eigenvalue weighted by Crippen LogP contribution is -2.38. The molecule has 202 valence electrons. The van der Waals surface area contributed by atoms with Crippen LogP contribution in [0.25, 0.3) is 10.9 Å². The third-order valence-corrected chi connectivity index (χ3v) is 8.36. The van der Waals surface area contributed by atoms with Gasteiger partial charge in [-0.1, -0.05) is 23.9 Å². The van der Waals surface area contributed by atoms with Crippen LogP contribution in [0.2, 0.25) is 0 Å². The van der Waals surface area contributed by atoms with Crippen LogP contribution in [0.4, 0.5) is 0 Å². The fourth-order valence-corrected chi connectivity index (χ4v) is 6.07. The minimum Gasteiger partial charge on any atom is -0.467 e. The number of thioether (sulfide) groups is 1. The predicted molar refractivity (Wildman–Crippen MR) is 145 cm³/mol. The van der Waals surface area contributed by atoms with E-state index in [0.717, 1.165) is 45.1 Å². The van der Waals surface area contributed by atoms with Gasteiger partial charge in [0.15, 0.2) is 5.16 Å². The summed E-state index contributed by atoms with van der Waals surface area (Å²) in [6.07, 6.45) is 7.11. The van der Waals surface area contributed by atoms with Gasteiger partial charge < -0.3 is 19.8 Å². The van der Waals surface area contributed by atoms with Crippen molar-refractivity contribution in [1.29, 1.82) is 0 Å². The third-order valence-electron chi connectivity index (χ3n) is 7.39. The lowest BCUT2D eigenvalue weighted by Gasteiger charge is -2.29. The number of nitrogens with zero attached hydrogens (tertiary/aromatic N) is 2. The Kier molecular flexibility index (Phi) is 8.80. The van der Waals surface area contributed by atoms with Crippen LogP contribution in [-0.2, 0) is 27.4 Å². The average Bonchev–Trinajstić information content (AvgIpc) is 3.66. The summed E-state index contributed by atoms with van der Waals surface area (Å²) < 4.78 is 12.6. The summed E-state index contributed by atoms with van der Waals surface area (Å²) in [7, 11) is 0. The number of fused-ring (bicyclic) bond motifs is 1. The summed E-state index contributed by atoms with van der Waals surface area (Å²) in [5, 5.41) is 7.02. The first kappa shape index (κ1) is 26.5. The number of carbonyl (C=O) groups excluding carboxylic acids is 2. The summed E-state index contributed by atoms with van der Waals surface area (Å²) in [5.41, 5.74) is 0.532. The van der Waals surface area contributed by atoms with Crippen LogP contribution in [0.5, 0.6) is 0 Å². The molecule has 1 aliphatic heterocycles. The summed E-state index contributed by atoms with van der Waals surface area (Å²) >= 11 is 1.27. The van der Waals surface area contributed by atoms with Gasteiger partial charge in [-0.2, -0.15) is 0 Å². The van der Waals surface area contributed by atoms with Gasteiger partial charge in [0.05, 0.1) is 35.6 Å². The zero-order valence-electron chi connectivity index (χ0n) is 21.4. The highest BCUT2D eigenvalue weighted by molar-refractivity contribution is 7.99. The lowest BCUT2D eigenvalue weighted by atomic mass is 9.81. The van der Waals surface area contributed by atoms with Gasteiger partial charge in [-0.3, -0.25) is 19.0 Å². The van der Waals surface area contributed by atoms with E-state index in [4.69, 9.17) is 14.1 Å². The number of hydrogen-bond acceptors (Lipinski definition) is 7. The van der Waals surface area contributed by atoms with Gasteiger partial charge in [-0.15, -0.1) is 0 Å². The molecule has 2 N–H and O–H groups in total. The quantitative estimate of drug-likeness (QED) is 0.300. The van der Waals surface area contributed by atoms with Crippen LogP contribution in [0.3, 0.4) is 0 Å². The van der Waals surface area contributed by atoms with Crippen molar-refractivity contribution in [1.82, 2.24) is 20.2 Å². The molecule has 0 bridgehead atoms. The fourth-order valence-electron chi connectivity index (χ4n) is 5.23. The van der Waals surface area contributed by atoms with Crippen molar-refractivity contribution in [3.63, 3.8) is 0 Å². The van der Waals surface area contributed by atoms with Crippen molar-refractivity contribution in [2.75, 3.05) is 18.9 Å². The van der Waals surface area contributed by atoms with E-state index in [9.17, 15) is 14.4 Å². The molecule has 10 heteroatoms. The summed E-state index contributed by atoms with van der Waals surface area (Å²) in [6.45, 7) is 2.21. The number of rotatable bonds is 10. The first-order chi connectivity index (χ1) is 18.6. The molecule has 9 nitrogen and oxygen atoms in total. The zero-order chi connectivity index (χ0) is 26.3. The highest BCUT2D eigenvalue weighted by atomic mass is 32.2. The minimum atomic E-state index is -0.158. The van der Waals surface area contributed by atoms with Gasteiger partial charge in [0.1, 0.15) is 5.76 Å². The van der Waals surface area contributed by atoms with E-state index in [2.05, 4.69) is 10.6 Å². The summed E-state index contributed by atoms with van der Waals surface area (Å²) in [6, 6.07) is 10.9. The van der Waals surface area contributed by atoms with E-state index in [-0.39, 0.29) is 41.1 Å². The molecule has 1 saturated heterocycles. The maximum Gasteiger partial charge on any atom is 0.262 e. The van der Waals surface area contributed by atoms with Gasteiger partial charge in [0, 0.05) is 25.6 Å². The molecule has 3 aromatic rings. The van der Waals surface area contributed by atoms with Gasteiger partial charge >= 0.3 is 0 Å². The first-order valence-electron chi connectivity index (χ1n) is 13.4. The highest BCUT2D eigenvalue weighted by Gasteiger charge is 2.28. The smallest absolute Gasteiger partial charge is 0.262 e. The minimum absolute atomic E-state index is 0.00538. The van der Waals surface area contributed by atoms with Crippen molar-refractivity contribution in [3.05, 3.63) is 58.8 Å². The molecule has 2 aromatic heterocycles. The molecule has 1 aromatic carbocycles. The molecule has 0 radical (unpaired) electrons. The van der Waals surface area contributed by atoms with Gasteiger partial charge in [-0.05, 0) is 68.7 Å². The van der Waals surface area contributed by atoms with Crippen LogP contribution in [0.15, 0.2) is 57.0 Å². The van der Waals surface area contributed by atoms with Crippen LogP contribution in [0, 0.1) is 11.8 Å². The fraction of sp³-hybridized carbons (Fsp3) is 0.500. The van der Waals surface area contributed by atoms with Crippen molar-refractivity contribution < 1.29 is 18.7 Å². The molecule has 2 amide bonds. The molecule has 1 aliphatic carbocycles.